The van der Waals surface area contributed by atoms with Crippen molar-refractivity contribution in [3.8, 4) is 0 Å². The van der Waals surface area contributed by atoms with Gasteiger partial charge in [0.15, 0.2) is 0 Å². The Bertz CT molecular complexity index is 802. The van der Waals surface area contributed by atoms with Crippen LogP contribution in [0.4, 0.5) is 0 Å². The second kappa shape index (κ2) is 6.02. The largest absolute Gasteiger partial charge is 0.464 e. The van der Waals surface area contributed by atoms with Gasteiger partial charge in [0, 0.05) is 11.6 Å². The smallest absolute Gasteiger partial charge is 0.225 e. The van der Waals surface area contributed by atoms with Gasteiger partial charge in [0.1, 0.15) is 11.5 Å². The van der Waals surface area contributed by atoms with Crippen molar-refractivity contribution in [1.82, 2.24) is 10.3 Å². The molecule has 22 heavy (non-hydrogen) atoms. The van der Waals surface area contributed by atoms with Gasteiger partial charge in [0.25, 0.3) is 0 Å². The number of para-hydroxylation sites is 1. The van der Waals surface area contributed by atoms with E-state index in [1.54, 1.807) is 6.20 Å². The van der Waals surface area contributed by atoms with E-state index in [0.29, 0.717) is 6.42 Å². The maximum Gasteiger partial charge on any atom is 0.225 e. The number of amides is 1. The maximum atomic E-state index is 12.3. The third-order valence-corrected chi connectivity index (χ3v) is 3.63. The number of hydrogen-bond acceptors (Lipinski definition) is 3. The molecule has 3 rings (SSSR count). The lowest BCUT2D eigenvalue weighted by Crippen LogP contribution is -2.28. The molecule has 1 atom stereocenters. The van der Waals surface area contributed by atoms with Gasteiger partial charge in [-0.1, -0.05) is 24.3 Å². The molecule has 0 radical (unpaired) electrons. The van der Waals surface area contributed by atoms with Gasteiger partial charge in [0.2, 0.25) is 5.91 Å². The zero-order chi connectivity index (χ0) is 15.5. The van der Waals surface area contributed by atoms with Gasteiger partial charge in [0.05, 0.1) is 18.0 Å². The minimum atomic E-state index is -0.149. The average Bonchev–Trinajstić information content (AvgIpc) is 2.94. The summed E-state index contributed by atoms with van der Waals surface area (Å²) in [5.41, 5.74) is 1.81. The topological polar surface area (TPSA) is 55.1 Å². The van der Waals surface area contributed by atoms with Gasteiger partial charge in [-0.05, 0) is 37.6 Å². The van der Waals surface area contributed by atoms with Crippen molar-refractivity contribution in [3.63, 3.8) is 0 Å². The highest BCUT2D eigenvalue weighted by Gasteiger charge is 2.14. The number of fused-ring (bicyclic) bond motifs is 1. The molecule has 0 fully saturated rings. The molecule has 4 nitrogen and oxygen atoms in total. The summed E-state index contributed by atoms with van der Waals surface area (Å²) in [5.74, 6) is 1.57. The van der Waals surface area contributed by atoms with E-state index in [2.05, 4.69) is 10.3 Å². The Balaban J connectivity index is 1.73. The Morgan fingerprint density at radius 3 is 2.82 bits per heavy atom. The van der Waals surface area contributed by atoms with Crippen LogP contribution in [0.3, 0.4) is 0 Å². The summed E-state index contributed by atoms with van der Waals surface area (Å²) in [5, 5.41) is 4.01. The summed E-state index contributed by atoms with van der Waals surface area (Å²) in [4.78, 5) is 16.6. The van der Waals surface area contributed by atoms with E-state index < -0.39 is 0 Å². The van der Waals surface area contributed by atoms with Crippen LogP contribution in [0.15, 0.2) is 53.1 Å². The van der Waals surface area contributed by atoms with Crippen LogP contribution >= 0.6 is 0 Å². The van der Waals surface area contributed by atoms with Crippen LogP contribution < -0.4 is 5.32 Å². The predicted octanol–water partition coefficient (Wildman–Crippen LogP) is 3.56. The second-order valence-corrected chi connectivity index (χ2v) is 5.41. The lowest BCUT2D eigenvalue weighted by molar-refractivity contribution is -0.121. The second-order valence-electron chi connectivity index (χ2n) is 5.41. The molecule has 0 bridgehead atoms. The van der Waals surface area contributed by atoms with Crippen LogP contribution in [-0.2, 0) is 11.2 Å². The zero-order valence-electron chi connectivity index (χ0n) is 12.7. The van der Waals surface area contributed by atoms with Crippen LogP contribution in [0, 0.1) is 6.92 Å². The molecule has 0 aliphatic heterocycles. The van der Waals surface area contributed by atoms with Crippen LogP contribution in [0.1, 0.15) is 30.0 Å². The van der Waals surface area contributed by atoms with E-state index >= 15 is 0 Å². The van der Waals surface area contributed by atoms with E-state index in [1.165, 1.54) is 0 Å². The van der Waals surface area contributed by atoms with Crippen LogP contribution in [0.5, 0.6) is 0 Å². The van der Waals surface area contributed by atoms with Gasteiger partial charge >= 0.3 is 0 Å². The molecular formula is C18H18N2O2. The number of nitrogens with one attached hydrogen (secondary N) is 1. The third kappa shape index (κ3) is 3.01. The van der Waals surface area contributed by atoms with Crippen LogP contribution in [-0.4, -0.2) is 10.9 Å². The Kier molecular flexibility index (Phi) is 3.92. The fourth-order valence-electron chi connectivity index (χ4n) is 2.53. The molecule has 0 spiro atoms. The van der Waals surface area contributed by atoms with E-state index in [-0.39, 0.29) is 11.9 Å². The zero-order valence-corrected chi connectivity index (χ0v) is 12.7. The highest BCUT2D eigenvalue weighted by molar-refractivity contribution is 5.87. The first-order valence-corrected chi connectivity index (χ1v) is 7.32. The van der Waals surface area contributed by atoms with Crippen molar-refractivity contribution < 1.29 is 9.21 Å². The van der Waals surface area contributed by atoms with Crippen molar-refractivity contribution in [2.75, 3.05) is 0 Å². The summed E-state index contributed by atoms with van der Waals surface area (Å²) < 4.78 is 5.54. The standard InChI is InChI=1S/C18H18N2O2/c1-12-8-9-16(22-12)13(2)20-17(21)11-15-6-3-5-14-7-4-10-19-18(14)15/h3-10,13H,11H2,1-2H3,(H,20,21). The summed E-state index contributed by atoms with van der Waals surface area (Å²) in [6, 6.07) is 13.4. The van der Waals surface area contributed by atoms with E-state index in [0.717, 1.165) is 28.0 Å². The number of aromatic nitrogens is 1. The van der Waals surface area contributed by atoms with Gasteiger partial charge < -0.3 is 9.73 Å². The van der Waals surface area contributed by atoms with Crippen LogP contribution in [0.25, 0.3) is 10.9 Å². The van der Waals surface area contributed by atoms with Crippen LogP contribution in [0.2, 0.25) is 0 Å². The molecule has 0 aliphatic carbocycles. The quantitative estimate of drug-likeness (QED) is 0.800. The normalized spacial score (nSPS) is 12.3. The average molecular weight is 294 g/mol. The first-order valence-electron chi connectivity index (χ1n) is 7.32. The molecule has 4 heteroatoms. The number of nitrogens with zero attached hydrogens (tertiary/aromatic N) is 1. The first kappa shape index (κ1) is 14.3. The van der Waals surface area contributed by atoms with E-state index in [1.807, 2.05) is 56.3 Å². The predicted molar refractivity (Wildman–Crippen MR) is 85.4 cm³/mol. The molecule has 2 aromatic heterocycles. The molecule has 112 valence electrons. The molecule has 2 heterocycles. The Morgan fingerprint density at radius 1 is 1.23 bits per heavy atom. The molecule has 0 aliphatic rings. The minimum Gasteiger partial charge on any atom is -0.464 e. The monoisotopic (exact) mass is 294 g/mol. The van der Waals surface area contributed by atoms with Crippen molar-refractivity contribution in [3.05, 3.63) is 65.7 Å². The van der Waals surface area contributed by atoms with Crippen molar-refractivity contribution in [2.45, 2.75) is 26.3 Å². The maximum absolute atomic E-state index is 12.3. The number of rotatable bonds is 4. The highest BCUT2D eigenvalue weighted by atomic mass is 16.3. The number of furan rings is 1. The van der Waals surface area contributed by atoms with Gasteiger partial charge in [-0.25, -0.2) is 0 Å². The van der Waals surface area contributed by atoms with Gasteiger partial charge in [-0.3, -0.25) is 9.78 Å². The summed E-state index contributed by atoms with van der Waals surface area (Å²) in [6.07, 6.45) is 2.05. The van der Waals surface area contributed by atoms with Crippen molar-refractivity contribution in [2.24, 2.45) is 0 Å². The molecular weight excluding hydrogens is 276 g/mol. The number of carbonyl (C=O) groups excluding carboxylic acids is 1. The summed E-state index contributed by atoms with van der Waals surface area (Å²) in [7, 11) is 0. The third-order valence-electron chi connectivity index (χ3n) is 3.63. The lowest BCUT2D eigenvalue weighted by Gasteiger charge is -2.12. The van der Waals surface area contributed by atoms with Crippen molar-refractivity contribution in [1.29, 1.82) is 0 Å². The molecule has 1 amide bonds. The van der Waals surface area contributed by atoms with Gasteiger partial charge in [-0.2, -0.15) is 0 Å². The molecule has 1 unspecified atom stereocenters. The Hall–Kier alpha value is -2.62. The minimum absolute atomic E-state index is 0.0419. The summed E-state index contributed by atoms with van der Waals surface area (Å²) in [6.45, 7) is 3.80. The summed E-state index contributed by atoms with van der Waals surface area (Å²) >= 11 is 0. The van der Waals surface area contributed by atoms with E-state index in [4.69, 9.17) is 4.42 Å². The highest BCUT2D eigenvalue weighted by Crippen LogP contribution is 2.18. The first-order chi connectivity index (χ1) is 10.6. The Labute approximate surface area is 129 Å². The number of aryl methyl sites for hydroxylation is 1. The Morgan fingerprint density at radius 2 is 2.05 bits per heavy atom. The molecule has 0 saturated carbocycles. The number of benzene rings is 1. The molecule has 1 aromatic carbocycles. The number of pyridine rings is 1. The van der Waals surface area contributed by atoms with E-state index in [9.17, 15) is 4.79 Å². The number of carbonyl (C=O) groups is 1. The SMILES string of the molecule is Cc1ccc(C(C)NC(=O)Cc2cccc3cccnc23)o1. The molecule has 1 N–H and O–H groups in total. The van der Waals surface area contributed by atoms with Gasteiger partial charge in [-0.15, -0.1) is 0 Å². The molecule has 3 aromatic rings. The fraction of sp³-hybridized carbons (Fsp3) is 0.222. The van der Waals surface area contributed by atoms with Crippen molar-refractivity contribution >= 4 is 16.8 Å². The lowest BCUT2D eigenvalue weighted by atomic mass is 10.1. The fourth-order valence-corrected chi connectivity index (χ4v) is 2.53. The number of hydrogen-bond donors (Lipinski definition) is 1. The molecule has 0 saturated heterocycles.